The van der Waals surface area contributed by atoms with Crippen LogP contribution in [0.4, 0.5) is 4.79 Å². The molecule has 0 aromatic carbocycles. The maximum atomic E-state index is 12.5. The smallest absolute Gasteiger partial charge is 0.332 e. The molecule has 112 valence electrons. The summed E-state index contributed by atoms with van der Waals surface area (Å²) in [5.74, 6) is 0.177. The molecule has 1 aromatic heterocycles. The van der Waals surface area contributed by atoms with Crippen molar-refractivity contribution < 1.29 is 9.59 Å². The molecule has 21 heavy (non-hydrogen) atoms. The van der Waals surface area contributed by atoms with Crippen LogP contribution in [0.3, 0.4) is 0 Å². The van der Waals surface area contributed by atoms with Gasteiger partial charge in [-0.3, -0.25) is 14.6 Å². The van der Waals surface area contributed by atoms with Gasteiger partial charge in [-0.1, -0.05) is 25.8 Å². The third-order valence-corrected chi connectivity index (χ3v) is 4.33. The molecule has 0 radical (unpaired) electrons. The summed E-state index contributed by atoms with van der Waals surface area (Å²) < 4.78 is 0. The molecule has 6 nitrogen and oxygen atoms in total. The molecule has 2 aliphatic rings. The minimum Gasteiger partial charge on any atom is -0.347 e. The summed E-state index contributed by atoms with van der Waals surface area (Å²) in [4.78, 5) is 34.4. The van der Waals surface area contributed by atoms with Crippen molar-refractivity contribution in [1.82, 2.24) is 19.8 Å². The lowest BCUT2D eigenvalue weighted by Gasteiger charge is -2.25. The summed E-state index contributed by atoms with van der Waals surface area (Å²) in [5.41, 5.74) is 1.04. The monoisotopic (exact) mass is 288 g/mol. The number of aromatic amines is 1. The highest BCUT2D eigenvalue weighted by Crippen LogP contribution is 2.28. The van der Waals surface area contributed by atoms with Crippen molar-refractivity contribution in [2.24, 2.45) is 5.92 Å². The Hall–Kier alpha value is -2.11. The van der Waals surface area contributed by atoms with Gasteiger partial charge in [-0.25, -0.2) is 9.78 Å². The van der Waals surface area contributed by atoms with Crippen LogP contribution in [0.1, 0.15) is 37.8 Å². The fraction of sp³-hybridized carbons (Fsp3) is 0.533. The summed E-state index contributed by atoms with van der Waals surface area (Å²) in [7, 11) is 0. The third-order valence-electron chi connectivity index (χ3n) is 4.33. The lowest BCUT2D eigenvalue weighted by Crippen LogP contribution is -2.37. The second-order valence-corrected chi connectivity index (χ2v) is 5.81. The molecular formula is C15H20N4O2. The maximum Gasteiger partial charge on any atom is 0.332 e. The molecule has 1 aromatic rings. The van der Waals surface area contributed by atoms with Crippen molar-refractivity contribution in [2.45, 2.75) is 38.6 Å². The lowest BCUT2D eigenvalue weighted by molar-refractivity contribution is -0.123. The van der Waals surface area contributed by atoms with Gasteiger partial charge in [0.25, 0.3) is 5.91 Å². The number of carbonyl (C=O) groups excluding carboxylic acids is 2. The maximum absolute atomic E-state index is 12.5. The molecule has 1 aliphatic heterocycles. The minimum absolute atomic E-state index is 0.255. The van der Waals surface area contributed by atoms with Crippen LogP contribution in [0.15, 0.2) is 24.8 Å². The number of imide groups is 1. The van der Waals surface area contributed by atoms with Crippen molar-refractivity contribution in [3.63, 3.8) is 0 Å². The molecule has 0 bridgehead atoms. The summed E-state index contributed by atoms with van der Waals surface area (Å²) in [5, 5.41) is 0. The van der Waals surface area contributed by atoms with Crippen LogP contribution in [-0.4, -0.2) is 38.3 Å². The third kappa shape index (κ3) is 2.70. The molecule has 0 atom stereocenters. The second kappa shape index (κ2) is 5.71. The molecule has 2 heterocycles. The second-order valence-electron chi connectivity index (χ2n) is 5.81. The predicted octanol–water partition coefficient (Wildman–Crippen LogP) is 2.27. The van der Waals surface area contributed by atoms with Crippen LogP contribution in [0.5, 0.6) is 0 Å². The quantitative estimate of drug-likeness (QED) is 0.682. The zero-order valence-electron chi connectivity index (χ0n) is 12.0. The highest BCUT2D eigenvalue weighted by Gasteiger charge is 2.40. The van der Waals surface area contributed by atoms with Crippen molar-refractivity contribution in [1.29, 1.82) is 0 Å². The van der Waals surface area contributed by atoms with Gasteiger partial charge in [0.2, 0.25) is 0 Å². The van der Waals surface area contributed by atoms with Gasteiger partial charge in [-0.05, 0) is 18.8 Å². The van der Waals surface area contributed by atoms with Crippen molar-refractivity contribution >= 4 is 11.9 Å². The Labute approximate surface area is 123 Å². The molecule has 1 saturated carbocycles. The number of nitrogens with zero attached hydrogens (tertiary/aromatic N) is 3. The van der Waals surface area contributed by atoms with Crippen LogP contribution in [0.2, 0.25) is 0 Å². The fourth-order valence-electron chi connectivity index (χ4n) is 3.11. The molecule has 0 unspecified atom stereocenters. The fourth-order valence-corrected chi connectivity index (χ4v) is 3.11. The van der Waals surface area contributed by atoms with E-state index >= 15 is 0 Å². The average Bonchev–Trinajstić information content (AvgIpc) is 3.08. The van der Waals surface area contributed by atoms with Gasteiger partial charge in [0.1, 0.15) is 5.70 Å². The number of aromatic nitrogens is 2. The number of urea groups is 1. The largest absolute Gasteiger partial charge is 0.347 e. The number of imidazole rings is 1. The van der Waals surface area contributed by atoms with Crippen molar-refractivity contribution in [3.8, 4) is 0 Å². The van der Waals surface area contributed by atoms with E-state index in [1.807, 2.05) is 0 Å². The van der Waals surface area contributed by atoms with Crippen LogP contribution in [0.25, 0.3) is 0 Å². The number of hydrogen-bond donors (Lipinski definition) is 1. The van der Waals surface area contributed by atoms with E-state index in [0.29, 0.717) is 19.0 Å². The first kappa shape index (κ1) is 13.9. The first-order valence-corrected chi connectivity index (χ1v) is 7.46. The van der Waals surface area contributed by atoms with Gasteiger partial charge in [-0.15, -0.1) is 0 Å². The van der Waals surface area contributed by atoms with Gasteiger partial charge in [0, 0.05) is 12.7 Å². The number of rotatable bonds is 4. The first-order chi connectivity index (χ1) is 10.2. The number of carbonyl (C=O) groups is 2. The SMILES string of the molecule is C=C1C(=O)N(CC2CCCCC2)C(=O)N1Cc1cnc[nH]1. The van der Waals surface area contributed by atoms with E-state index in [-0.39, 0.29) is 17.6 Å². The van der Waals surface area contributed by atoms with Gasteiger partial charge in [-0.2, -0.15) is 0 Å². The number of nitrogens with one attached hydrogen (secondary N) is 1. The topological polar surface area (TPSA) is 69.3 Å². The molecule has 1 aliphatic carbocycles. The summed E-state index contributed by atoms with van der Waals surface area (Å²) in [6, 6.07) is -0.259. The molecule has 1 saturated heterocycles. The predicted molar refractivity (Wildman–Crippen MR) is 77.0 cm³/mol. The van der Waals surface area contributed by atoms with Gasteiger partial charge < -0.3 is 4.98 Å². The minimum atomic E-state index is -0.259. The highest BCUT2D eigenvalue weighted by molar-refractivity contribution is 6.11. The van der Waals surface area contributed by atoms with Crippen LogP contribution < -0.4 is 0 Å². The Morgan fingerprint density at radius 3 is 2.67 bits per heavy atom. The molecule has 6 heteroatoms. The van der Waals surface area contributed by atoms with E-state index in [4.69, 9.17) is 0 Å². The molecule has 3 rings (SSSR count). The molecular weight excluding hydrogens is 268 g/mol. The standard InChI is InChI=1S/C15H20N4O2/c1-11-14(20)19(8-12-5-3-2-4-6-12)15(21)18(11)9-13-7-16-10-17-13/h7,10,12H,1-6,8-9H2,(H,16,17). The Kier molecular flexibility index (Phi) is 3.77. The normalized spacial score (nSPS) is 20.7. The zero-order valence-corrected chi connectivity index (χ0v) is 12.0. The Morgan fingerprint density at radius 1 is 1.24 bits per heavy atom. The van der Waals surface area contributed by atoms with Crippen LogP contribution in [0, 0.1) is 5.92 Å². The highest BCUT2D eigenvalue weighted by atomic mass is 16.2. The van der Waals surface area contributed by atoms with E-state index in [1.54, 1.807) is 12.5 Å². The summed E-state index contributed by atoms with van der Waals surface area (Å²) in [6.07, 6.45) is 9.06. The molecule has 1 N–H and O–H groups in total. The van der Waals surface area contributed by atoms with Crippen molar-refractivity contribution in [3.05, 3.63) is 30.5 Å². The Bertz CT molecular complexity index is 546. The Morgan fingerprint density at radius 2 is 2.00 bits per heavy atom. The van der Waals surface area contributed by atoms with E-state index in [9.17, 15) is 9.59 Å². The van der Waals surface area contributed by atoms with Crippen LogP contribution >= 0.6 is 0 Å². The summed E-state index contributed by atoms with van der Waals surface area (Å²) >= 11 is 0. The first-order valence-electron chi connectivity index (χ1n) is 7.46. The van der Waals surface area contributed by atoms with E-state index in [2.05, 4.69) is 16.5 Å². The van der Waals surface area contributed by atoms with Gasteiger partial charge in [0.05, 0.1) is 18.6 Å². The molecule has 2 fully saturated rings. The van der Waals surface area contributed by atoms with Crippen LogP contribution in [-0.2, 0) is 11.3 Å². The number of hydrogen-bond acceptors (Lipinski definition) is 3. The van der Waals surface area contributed by atoms with E-state index in [1.165, 1.54) is 29.1 Å². The van der Waals surface area contributed by atoms with Gasteiger partial charge >= 0.3 is 6.03 Å². The number of amides is 3. The van der Waals surface area contributed by atoms with Gasteiger partial charge in [0.15, 0.2) is 0 Å². The Balaban J connectivity index is 1.69. The summed E-state index contributed by atoms with van der Waals surface area (Å²) in [6.45, 7) is 4.60. The lowest BCUT2D eigenvalue weighted by atomic mass is 9.89. The van der Waals surface area contributed by atoms with E-state index < -0.39 is 0 Å². The van der Waals surface area contributed by atoms with Crippen molar-refractivity contribution in [2.75, 3.05) is 6.54 Å². The molecule has 3 amide bonds. The molecule has 0 spiro atoms. The zero-order chi connectivity index (χ0) is 14.8. The van der Waals surface area contributed by atoms with E-state index in [0.717, 1.165) is 18.5 Å². The number of H-pyrrole nitrogens is 1. The average molecular weight is 288 g/mol.